The molecule has 0 saturated carbocycles. The monoisotopic (exact) mass is 314 g/mol. The van der Waals surface area contributed by atoms with Gasteiger partial charge in [-0.2, -0.15) is 5.10 Å². The molecule has 1 N–H and O–H groups in total. The maximum Gasteiger partial charge on any atom is 0.0933 e. The third-order valence-corrected chi connectivity index (χ3v) is 3.99. The Morgan fingerprint density at radius 1 is 0.875 bits per heavy atom. The third-order valence-electron chi connectivity index (χ3n) is 3.99. The number of nitrogens with zero attached hydrogens (tertiary/aromatic N) is 3. The van der Waals surface area contributed by atoms with E-state index in [2.05, 4.69) is 64.1 Å². The summed E-state index contributed by atoms with van der Waals surface area (Å²) in [7, 11) is 0. The van der Waals surface area contributed by atoms with Crippen molar-refractivity contribution >= 4 is 16.6 Å². The molecule has 118 valence electrons. The molecule has 0 unspecified atom stereocenters. The number of anilines is 1. The Morgan fingerprint density at radius 2 is 1.75 bits per heavy atom. The molecule has 0 saturated heterocycles. The van der Waals surface area contributed by atoms with Crippen molar-refractivity contribution in [3.05, 3.63) is 90.4 Å². The van der Waals surface area contributed by atoms with Gasteiger partial charge in [-0.15, -0.1) is 0 Å². The van der Waals surface area contributed by atoms with Gasteiger partial charge in [0, 0.05) is 29.9 Å². The highest BCUT2D eigenvalue weighted by atomic mass is 15.3. The van der Waals surface area contributed by atoms with Crippen LogP contribution >= 0.6 is 0 Å². The van der Waals surface area contributed by atoms with Crippen molar-refractivity contribution in [3.63, 3.8) is 0 Å². The second-order valence-corrected chi connectivity index (χ2v) is 5.77. The summed E-state index contributed by atoms with van der Waals surface area (Å²) in [6.45, 7) is 1.52. The van der Waals surface area contributed by atoms with Crippen molar-refractivity contribution in [2.45, 2.75) is 13.1 Å². The first-order chi connectivity index (χ1) is 11.9. The highest BCUT2D eigenvalue weighted by molar-refractivity contribution is 5.90. The molecule has 0 aliphatic heterocycles. The summed E-state index contributed by atoms with van der Waals surface area (Å²) in [5.74, 6) is 0. The van der Waals surface area contributed by atoms with Crippen LogP contribution in [0.25, 0.3) is 10.9 Å². The van der Waals surface area contributed by atoms with Gasteiger partial charge in [0.2, 0.25) is 0 Å². The fraction of sp³-hybridized carbons (Fsp3) is 0.100. The Hall–Kier alpha value is -3.14. The van der Waals surface area contributed by atoms with Crippen molar-refractivity contribution in [1.29, 1.82) is 0 Å². The minimum atomic E-state index is 0.727. The maximum atomic E-state index is 4.47. The predicted octanol–water partition coefficient (Wildman–Crippen LogP) is 4.09. The first-order valence-corrected chi connectivity index (χ1v) is 8.01. The van der Waals surface area contributed by atoms with Crippen LogP contribution in [0, 0.1) is 0 Å². The number of hydrogen-bond acceptors (Lipinski definition) is 3. The molecule has 4 aromatic rings. The van der Waals surface area contributed by atoms with E-state index in [-0.39, 0.29) is 0 Å². The van der Waals surface area contributed by atoms with Crippen LogP contribution in [-0.4, -0.2) is 14.8 Å². The molecule has 4 rings (SSSR count). The van der Waals surface area contributed by atoms with Crippen molar-refractivity contribution in [3.8, 4) is 0 Å². The molecule has 24 heavy (non-hydrogen) atoms. The molecule has 2 aromatic heterocycles. The molecule has 0 fully saturated rings. The van der Waals surface area contributed by atoms with Crippen molar-refractivity contribution in [1.82, 2.24) is 14.8 Å². The average molecular weight is 314 g/mol. The van der Waals surface area contributed by atoms with E-state index in [1.54, 1.807) is 0 Å². The summed E-state index contributed by atoms with van der Waals surface area (Å²) in [6, 6.07) is 20.6. The van der Waals surface area contributed by atoms with Crippen molar-refractivity contribution in [2.24, 2.45) is 0 Å². The molecule has 4 nitrogen and oxygen atoms in total. The normalized spacial score (nSPS) is 10.8. The van der Waals surface area contributed by atoms with Gasteiger partial charge in [0.25, 0.3) is 0 Å². The van der Waals surface area contributed by atoms with E-state index >= 15 is 0 Å². The van der Waals surface area contributed by atoms with E-state index < -0.39 is 0 Å². The third kappa shape index (κ3) is 3.13. The number of nitrogens with one attached hydrogen (secondary N) is 1. The highest BCUT2D eigenvalue weighted by Crippen LogP contribution is 2.21. The zero-order chi connectivity index (χ0) is 16.2. The lowest BCUT2D eigenvalue weighted by Crippen LogP contribution is -2.01. The maximum absolute atomic E-state index is 4.47. The fourth-order valence-electron chi connectivity index (χ4n) is 2.80. The smallest absolute Gasteiger partial charge is 0.0933 e. The largest absolute Gasteiger partial charge is 0.379 e. The van der Waals surface area contributed by atoms with Crippen LogP contribution in [0.15, 0.2) is 79.3 Å². The fourth-order valence-corrected chi connectivity index (χ4v) is 2.80. The number of rotatable bonds is 5. The van der Waals surface area contributed by atoms with Crippen molar-refractivity contribution in [2.75, 3.05) is 5.32 Å². The van der Waals surface area contributed by atoms with Gasteiger partial charge < -0.3 is 5.32 Å². The zero-order valence-corrected chi connectivity index (χ0v) is 13.3. The number of para-hydroxylation sites is 1. The molecule has 0 bridgehead atoms. The molecular weight excluding hydrogens is 296 g/mol. The minimum absolute atomic E-state index is 0.727. The van der Waals surface area contributed by atoms with Gasteiger partial charge >= 0.3 is 0 Å². The Morgan fingerprint density at radius 3 is 2.67 bits per heavy atom. The van der Waals surface area contributed by atoms with Crippen LogP contribution in [0.3, 0.4) is 0 Å². The molecule has 0 radical (unpaired) electrons. The van der Waals surface area contributed by atoms with Gasteiger partial charge in [0.15, 0.2) is 0 Å². The summed E-state index contributed by atoms with van der Waals surface area (Å²) >= 11 is 0. The van der Waals surface area contributed by atoms with Gasteiger partial charge in [0.05, 0.1) is 23.9 Å². The Bertz CT molecular complexity index is 939. The van der Waals surface area contributed by atoms with E-state index in [1.807, 2.05) is 35.3 Å². The highest BCUT2D eigenvalue weighted by Gasteiger charge is 2.03. The number of pyridine rings is 1. The summed E-state index contributed by atoms with van der Waals surface area (Å²) in [5, 5.41) is 9.05. The quantitative estimate of drug-likeness (QED) is 0.603. The van der Waals surface area contributed by atoms with E-state index in [0.717, 1.165) is 35.2 Å². The molecule has 0 amide bonds. The van der Waals surface area contributed by atoms with Gasteiger partial charge in [-0.1, -0.05) is 48.5 Å². The first kappa shape index (κ1) is 14.5. The topological polar surface area (TPSA) is 42.7 Å². The summed E-state index contributed by atoms with van der Waals surface area (Å²) in [5.41, 5.74) is 4.44. The molecule has 0 aliphatic carbocycles. The lowest BCUT2D eigenvalue weighted by molar-refractivity contribution is 0.686. The van der Waals surface area contributed by atoms with Crippen molar-refractivity contribution < 1.29 is 0 Å². The van der Waals surface area contributed by atoms with Crippen LogP contribution < -0.4 is 5.32 Å². The van der Waals surface area contributed by atoms with Gasteiger partial charge in [-0.3, -0.25) is 9.67 Å². The summed E-state index contributed by atoms with van der Waals surface area (Å²) < 4.78 is 1.97. The number of benzene rings is 2. The molecule has 2 heterocycles. The van der Waals surface area contributed by atoms with Gasteiger partial charge in [-0.05, 0) is 17.7 Å². The van der Waals surface area contributed by atoms with Crippen LogP contribution in [0.5, 0.6) is 0 Å². The molecule has 2 aromatic carbocycles. The standard InChI is InChI=1S/C20H18N4/c1-2-6-16(7-3-1)14-24-15-17(13-23-24)12-22-19-10-4-8-18-9-5-11-21-20(18)19/h1-11,13,15,22H,12,14H2. The zero-order valence-electron chi connectivity index (χ0n) is 13.3. The Kier molecular flexibility index (Phi) is 3.94. The van der Waals surface area contributed by atoms with Crippen LogP contribution in [0.1, 0.15) is 11.1 Å². The second-order valence-electron chi connectivity index (χ2n) is 5.77. The lowest BCUT2D eigenvalue weighted by Gasteiger charge is -2.07. The molecular formula is C20H18N4. The van der Waals surface area contributed by atoms with E-state index in [4.69, 9.17) is 0 Å². The first-order valence-electron chi connectivity index (χ1n) is 8.01. The average Bonchev–Trinajstić information content (AvgIpc) is 3.08. The van der Waals surface area contributed by atoms with Crippen LogP contribution in [-0.2, 0) is 13.1 Å². The van der Waals surface area contributed by atoms with Gasteiger partial charge in [0.1, 0.15) is 0 Å². The number of aromatic nitrogens is 3. The van der Waals surface area contributed by atoms with Crippen LogP contribution in [0.2, 0.25) is 0 Å². The van der Waals surface area contributed by atoms with E-state index in [1.165, 1.54) is 5.56 Å². The van der Waals surface area contributed by atoms with E-state index in [9.17, 15) is 0 Å². The minimum Gasteiger partial charge on any atom is -0.379 e. The SMILES string of the molecule is c1ccc(Cn2cc(CNc3cccc4cccnc34)cn2)cc1. The lowest BCUT2D eigenvalue weighted by atomic mass is 10.2. The summed E-state index contributed by atoms with van der Waals surface area (Å²) in [4.78, 5) is 4.47. The summed E-state index contributed by atoms with van der Waals surface area (Å²) in [6.07, 6.45) is 5.82. The molecule has 0 spiro atoms. The van der Waals surface area contributed by atoms with Gasteiger partial charge in [-0.25, -0.2) is 0 Å². The number of fused-ring (bicyclic) bond motifs is 1. The Labute approximate surface area is 140 Å². The molecule has 0 aliphatic rings. The molecule has 4 heteroatoms. The van der Waals surface area contributed by atoms with Crippen LogP contribution in [0.4, 0.5) is 5.69 Å². The van der Waals surface area contributed by atoms with E-state index in [0.29, 0.717) is 0 Å². The second kappa shape index (κ2) is 6.54. The molecule has 0 atom stereocenters. The Balaban J connectivity index is 1.46. The predicted molar refractivity (Wildman–Crippen MR) is 96.8 cm³/mol. The number of hydrogen-bond donors (Lipinski definition) is 1.